The standard InChI is InChI=1S/C25H42O4/c1-2-3-4-5-7-13-18-23(26)19-14-8-6-9-15-20-24(25(27)28)29-21-22-16-11-10-12-17-22/h10-12,16-17,23-24,26H,2-9,13-15,18-21H2,1H3,(H,27,28). The van der Waals surface area contributed by atoms with E-state index >= 15 is 0 Å². The third kappa shape index (κ3) is 14.3. The maximum absolute atomic E-state index is 11.4. The van der Waals surface area contributed by atoms with Crippen LogP contribution in [-0.4, -0.2) is 28.4 Å². The summed E-state index contributed by atoms with van der Waals surface area (Å²) in [5.74, 6) is -0.876. The molecule has 2 N–H and O–H groups in total. The lowest BCUT2D eigenvalue weighted by molar-refractivity contribution is -0.151. The summed E-state index contributed by atoms with van der Waals surface area (Å²) in [7, 11) is 0. The van der Waals surface area contributed by atoms with Crippen LogP contribution in [-0.2, 0) is 16.1 Å². The van der Waals surface area contributed by atoms with Crippen LogP contribution in [0.15, 0.2) is 30.3 Å². The van der Waals surface area contributed by atoms with Crippen molar-refractivity contribution in [1.82, 2.24) is 0 Å². The van der Waals surface area contributed by atoms with E-state index in [1.807, 2.05) is 30.3 Å². The van der Waals surface area contributed by atoms with Gasteiger partial charge in [-0.2, -0.15) is 0 Å². The second-order valence-electron chi connectivity index (χ2n) is 8.18. The molecule has 29 heavy (non-hydrogen) atoms. The van der Waals surface area contributed by atoms with Gasteiger partial charge in [-0.15, -0.1) is 0 Å². The molecule has 1 aromatic carbocycles. The summed E-state index contributed by atoms with van der Waals surface area (Å²) in [5.41, 5.74) is 0.998. The van der Waals surface area contributed by atoms with Crippen molar-refractivity contribution in [3.05, 3.63) is 35.9 Å². The molecule has 0 spiro atoms. The lowest BCUT2D eigenvalue weighted by Gasteiger charge is -2.14. The average molecular weight is 407 g/mol. The zero-order chi connectivity index (χ0) is 21.2. The minimum atomic E-state index is -0.876. The average Bonchev–Trinajstić information content (AvgIpc) is 2.72. The van der Waals surface area contributed by atoms with E-state index in [0.29, 0.717) is 13.0 Å². The Labute approximate surface area is 177 Å². The van der Waals surface area contributed by atoms with Gasteiger partial charge in [-0.05, 0) is 24.8 Å². The van der Waals surface area contributed by atoms with Crippen LogP contribution >= 0.6 is 0 Å². The van der Waals surface area contributed by atoms with Crippen molar-refractivity contribution in [2.75, 3.05) is 0 Å². The molecule has 2 atom stereocenters. The summed E-state index contributed by atoms with van der Waals surface area (Å²) in [6.45, 7) is 2.57. The van der Waals surface area contributed by atoms with E-state index < -0.39 is 12.1 Å². The first-order valence-electron chi connectivity index (χ1n) is 11.7. The third-order valence-electron chi connectivity index (χ3n) is 5.46. The Bertz CT molecular complexity index is 503. The van der Waals surface area contributed by atoms with E-state index in [4.69, 9.17) is 4.74 Å². The molecule has 1 rings (SSSR count). The Morgan fingerprint density at radius 2 is 1.34 bits per heavy atom. The first-order valence-corrected chi connectivity index (χ1v) is 11.7. The molecular weight excluding hydrogens is 364 g/mol. The summed E-state index contributed by atoms with van der Waals surface area (Å²) < 4.78 is 5.58. The molecule has 0 saturated carbocycles. The quantitative estimate of drug-likeness (QED) is 0.257. The van der Waals surface area contributed by atoms with Gasteiger partial charge in [-0.1, -0.05) is 108 Å². The van der Waals surface area contributed by atoms with Crippen LogP contribution in [0.5, 0.6) is 0 Å². The van der Waals surface area contributed by atoms with Crippen LogP contribution in [0.2, 0.25) is 0 Å². The molecule has 0 saturated heterocycles. The molecule has 0 aliphatic heterocycles. The van der Waals surface area contributed by atoms with E-state index in [9.17, 15) is 15.0 Å². The van der Waals surface area contributed by atoms with Gasteiger partial charge in [0.1, 0.15) is 0 Å². The Kier molecular flexibility index (Phi) is 15.4. The molecular formula is C25H42O4. The summed E-state index contributed by atoms with van der Waals surface area (Å²) in [4.78, 5) is 11.4. The minimum Gasteiger partial charge on any atom is -0.479 e. The predicted octanol–water partition coefficient (Wildman–Crippen LogP) is 6.50. The maximum Gasteiger partial charge on any atom is 0.332 e. The molecule has 0 aliphatic carbocycles. The zero-order valence-electron chi connectivity index (χ0n) is 18.4. The molecule has 0 amide bonds. The van der Waals surface area contributed by atoms with E-state index in [-0.39, 0.29) is 6.10 Å². The molecule has 0 radical (unpaired) electrons. The molecule has 1 aromatic rings. The number of benzene rings is 1. The Balaban J connectivity index is 1.99. The molecule has 0 fully saturated rings. The number of rotatable bonds is 19. The number of carbonyl (C=O) groups is 1. The smallest absolute Gasteiger partial charge is 0.332 e. The number of ether oxygens (including phenoxy) is 1. The monoisotopic (exact) mass is 406 g/mol. The van der Waals surface area contributed by atoms with Crippen LogP contribution in [0.25, 0.3) is 0 Å². The van der Waals surface area contributed by atoms with Gasteiger partial charge >= 0.3 is 5.97 Å². The SMILES string of the molecule is CCCCCCCCC(O)CCCCCCCC(OCc1ccccc1)C(=O)O. The Morgan fingerprint density at radius 3 is 1.90 bits per heavy atom. The van der Waals surface area contributed by atoms with Gasteiger partial charge in [0.05, 0.1) is 12.7 Å². The molecule has 4 heteroatoms. The molecule has 0 aliphatic rings. The number of carboxylic acids is 1. The highest BCUT2D eigenvalue weighted by Crippen LogP contribution is 2.15. The largest absolute Gasteiger partial charge is 0.479 e. The summed E-state index contributed by atoms with van der Waals surface area (Å²) in [6.07, 6.45) is 14.3. The fourth-order valence-electron chi connectivity index (χ4n) is 3.59. The minimum absolute atomic E-state index is 0.149. The van der Waals surface area contributed by atoms with Crippen molar-refractivity contribution in [1.29, 1.82) is 0 Å². The van der Waals surface area contributed by atoms with Crippen molar-refractivity contribution in [3.8, 4) is 0 Å². The molecule has 0 aromatic heterocycles. The summed E-state index contributed by atoms with van der Waals surface area (Å²) in [5, 5.41) is 19.4. The molecule has 4 nitrogen and oxygen atoms in total. The molecule has 0 bridgehead atoms. The highest BCUT2D eigenvalue weighted by atomic mass is 16.5. The first-order chi connectivity index (χ1) is 14.1. The lowest BCUT2D eigenvalue weighted by atomic mass is 10.0. The fourth-order valence-corrected chi connectivity index (χ4v) is 3.59. The van der Waals surface area contributed by atoms with Crippen LogP contribution in [0.4, 0.5) is 0 Å². The van der Waals surface area contributed by atoms with Gasteiger partial charge < -0.3 is 14.9 Å². The highest BCUT2D eigenvalue weighted by Gasteiger charge is 2.17. The second-order valence-corrected chi connectivity index (χ2v) is 8.18. The number of aliphatic carboxylic acids is 1. The molecule has 166 valence electrons. The summed E-state index contributed by atoms with van der Waals surface area (Å²) in [6, 6.07) is 9.68. The zero-order valence-corrected chi connectivity index (χ0v) is 18.4. The fraction of sp³-hybridized carbons (Fsp3) is 0.720. The lowest BCUT2D eigenvalue weighted by Crippen LogP contribution is -2.23. The third-order valence-corrected chi connectivity index (χ3v) is 5.46. The predicted molar refractivity (Wildman–Crippen MR) is 119 cm³/mol. The number of aliphatic hydroxyl groups is 1. The number of carboxylic acid groups (broad SMARTS) is 1. The van der Waals surface area contributed by atoms with Crippen molar-refractivity contribution in [2.24, 2.45) is 0 Å². The highest BCUT2D eigenvalue weighted by molar-refractivity contribution is 5.72. The van der Waals surface area contributed by atoms with Crippen molar-refractivity contribution in [2.45, 2.75) is 116 Å². The van der Waals surface area contributed by atoms with Gasteiger partial charge in [-0.3, -0.25) is 0 Å². The summed E-state index contributed by atoms with van der Waals surface area (Å²) >= 11 is 0. The topological polar surface area (TPSA) is 66.8 Å². The Hall–Kier alpha value is -1.39. The van der Waals surface area contributed by atoms with Crippen LogP contribution in [0.1, 0.15) is 102 Å². The van der Waals surface area contributed by atoms with Gasteiger partial charge in [-0.25, -0.2) is 4.79 Å². The first kappa shape index (κ1) is 25.6. The van der Waals surface area contributed by atoms with E-state index in [1.165, 1.54) is 32.1 Å². The van der Waals surface area contributed by atoms with Crippen LogP contribution < -0.4 is 0 Å². The maximum atomic E-state index is 11.4. The van der Waals surface area contributed by atoms with E-state index in [2.05, 4.69) is 6.92 Å². The van der Waals surface area contributed by atoms with E-state index in [0.717, 1.165) is 56.9 Å². The van der Waals surface area contributed by atoms with Crippen molar-refractivity contribution >= 4 is 5.97 Å². The van der Waals surface area contributed by atoms with Gasteiger partial charge in [0.25, 0.3) is 0 Å². The number of hydrogen-bond acceptors (Lipinski definition) is 3. The second kappa shape index (κ2) is 17.5. The number of aliphatic hydroxyl groups excluding tert-OH is 1. The Morgan fingerprint density at radius 1 is 0.828 bits per heavy atom. The van der Waals surface area contributed by atoms with Gasteiger partial charge in [0.15, 0.2) is 6.10 Å². The van der Waals surface area contributed by atoms with Gasteiger partial charge in [0, 0.05) is 0 Å². The van der Waals surface area contributed by atoms with Crippen LogP contribution in [0, 0.1) is 0 Å². The normalized spacial score (nSPS) is 13.3. The van der Waals surface area contributed by atoms with E-state index in [1.54, 1.807) is 0 Å². The van der Waals surface area contributed by atoms with Gasteiger partial charge in [0.2, 0.25) is 0 Å². The van der Waals surface area contributed by atoms with Crippen molar-refractivity contribution < 1.29 is 19.7 Å². The van der Waals surface area contributed by atoms with Crippen LogP contribution in [0.3, 0.4) is 0 Å². The number of hydrogen-bond donors (Lipinski definition) is 2. The molecule has 0 heterocycles. The molecule has 2 unspecified atom stereocenters. The number of unbranched alkanes of at least 4 members (excludes halogenated alkanes) is 9. The van der Waals surface area contributed by atoms with Crippen molar-refractivity contribution in [3.63, 3.8) is 0 Å².